The highest BCUT2D eigenvalue weighted by Gasteiger charge is 2.06. The quantitative estimate of drug-likeness (QED) is 0.620. The van der Waals surface area contributed by atoms with Crippen molar-refractivity contribution in [3.8, 4) is 0 Å². The van der Waals surface area contributed by atoms with E-state index >= 15 is 0 Å². The first-order chi connectivity index (χ1) is 10.3. The number of aliphatic hydroxyl groups is 1. The van der Waals surface area contributed by atoms with Gasteiger partial charge in [-0.1, -0.05) is 5.16 Å². The molecule has 0 amide bonds. The third kappa shape index (κ3) is 5.88. The van der Waals surface area contributed by atoms with Crippen molar-refractivity contribution in [2.45, 2.75) is 25.9 Å². The minimum atomic E-state index is -0.516. The normalized spacial score (nSPS) is 12.7. The van der Waals surface area contributed by atoms with Crippen LogP contribution in [-0.4, -0.2) is 52.6 Å². The molecule has 8 heteroatoms. The molecule has 0 spiro atoms. The molecule has 0 saturated carbocycles. The Balaban J connectivity index is 1.47. The third-order valence-corrected chi connectivity index (χ3v) is 3.94. The summed E-state index contributed by atoms with van der Waals surface area (Å²) >= 11 is 1.64. The van der Waals surface area contributed by atoms with Gasteiger partial charge in [0.2, 0.25) is 6.39 Å². The second-order valence-corrected chi connectivity index (χ2v) is 5.58. The lowest BCUT2D eigenvalue weighted by Crippen LogP contribution is -2.32. The van der Waals surface area contributed by atoms with E-state index in [1.165, 1.54) is 11.3 Å². The minimum Gasteiger partial charge on any atom is -0.389 e. The first kappa shape index (κ1) is 16.0. The fourth-order valence-corrected chi connectivity index (χ4v) is 2.54. The predicted octanol–water partition coefficient (Wildman–Crippen LogP) is 0.587. The van der Waals surface area contributed by atoms with E-state index in [-0.39, 0.29) is 0 Å². The number of nitrogens with zero attached hydrogens (tertiary/aromatic N) is 3. The summed E-state index contributed by atoms with van der Waals surface area (Å²) in [5.41, 5.74) is 2.90. The molecule has 0 aliphatic heterocycles. The van der Waals surface area contributed by atoms with Crippen LogP contribution in [0.25, 0.3) is 0 Å². The highest BCUT2D eigenvalue weighted by atomic mass is 32.1. The first-order valence-electron chi connectivity index (χ1n) is 6.86. The monoisotopic (exact) mass is 312 g/mol. The Morgan fingerprint density at radius 1 is 1.43 bits per heavy atom. The molecule has 0 saturated heterocycles. The summed E-state index contributed by atoms with van der Waals surface area (Å²) in [6.45, 7) is 4.10. The number of thiazole rings is 1. The van der Waals surface area contributed by atoms with Crippen molar-refractivity contribution in [2.75, 3.05) is 26.3 Å². The lowest BCUT2D eigenvalue weighted by molar-refractivity contribution is 0.0386. The molecular formula is C13H20N4O3S. The van der Waals surface area contributed by atoms with E-state index in [4.69, 9.17) is 4.74 Å². The molecule has 0 bridgehead atoms. The molecule has 0 aliphatic rings. The largest absolute Gasteiger partial charge is 0.389 e. The molecule has 2 aromatic heterocycles. The number of hydrogen-bond donors (Lipinski definition) is 2. The molecule has 7 nitrogen and oxygen atoms in total. The minimum absolute atomic E-state index is 0.326. The van der Waals surface area contributed by atoms with E-state index < -0.39 is 6.10 Å². The van der Waals surface area contributed by atoms with Crippen molar-refractivity contribution in [3.63, 3.8) is 0 Å². The molecule has 1 atom stereocenters. The fraction of sp³-hybridized carbons (Fsp3) is 0.615. The number of ether oxygens (including phenoxy) is 1. The van der Waals surface area contributed by atoms with E-state index in [1.54, 1.807) is 11.3 Å². The maximum atomic E-state index is 9.77. The molecule has 21 heavy (non-hydrogen) atoms. The van der Waals surface area contributed by atoms with Crippen molar-refractivity contribution in [1.82, 2.24) is 20.4 Å². The second kappa shape index (κ2) is 8.83. The molecule has 116 valence electrons. The number of aryl methyl sites for hydroxylation is 1. The van der Waals surface area contributed by atoms with Crippen LogP contribution in [0.1, 0.15) is 16.4 Å². The number of aromatic nitrogens is 3. The Kier molecular flexibility index (Phi) is 6.74. The second-order valence-electron chi connectivity index (χ2n) is 4.64. The fourth-order valence-electron chi connectivity index (χ4n) is 1.78. The van der Waals surface area contributed by atoms with Crippen molar-refractivity contribution in [1.29, 1.82) is 0 Å². The Labute approximate surface area is 127 Å². The lowest BCUT2D eigenvalue weighted by Gasteiger charge is -2.11. The van der Waals surface area contributed by atoms with Gasteiger partial charge in [-0.05, 0) is 6.92 Å². The summed E-state index contributed by atoms with van der Waals surface area (Å²) in [4.78, 5) is 9.34. The molecular weight excluding hydrogens is 292 g/mol. The average Bonchev–Trinajstić information content (AvgIpc) is 3.12. The topological polar surface area (TPSA) is 93.3 Å². The SMILES string of the molecule is Cc1ncsc1CCOCC(O)CNCCc1ncon1. The molecule has 2 N–H and O–H groups in total. The maximum absolute atomic E-state index is 9.77. The number of aliphatic hydroxyl groups excluding tert-OH is 1. The summed E-state index contributed by atoms with van der Waals surface area (Å²) in [6.07, 6.45) is 2.31. The van der Waals surface area contributed by atoms with E-state index in [2.05, 4.69) is 25.0 Å². The zero-order valence-corrected chi connectivity index (χ0v) is 12.8. The zero-order chi connectivity index (χ0) is 14.9. The van der Waals surface area contributed by atoms with Crippen LogP contribution in [0, 0.1) is 6.92 Å². The molecule has 2 heterocycles. The average molecular weight is 312 g/mol. The van der Waals surface area contributed by atoms with Crippen LogP contribution in [0.4, 0.5) is 0 Å². The first-order valence-corrected chi connectivity index (χ1v) is 7.74. The zero-order valence-electron chi connectivity index (χ0n) is 12.0. The van der Waals surface area contributed by atoms with Crippen molar-refractivity contribution < 1.29 is 14.4 Å². The van der Waals surface area contributed by atoms with Gasteiger partial charge in [0.15, 0.2) is 5.82 Å². The van der Waals surface area contributed by atoms with E-state index in [0.717, 1.165) is 12.1 Å². The van der Waals surface area contributed by atoms with E-state index in [1.807, 2.05) is 12.4 Å². The van der Waals surface area contributed by atoms with Crippen molar-refractivity contribution >= 4 is 11.3 Å². The van der Waals surface area contributed by atoms with Gasteiger partial charge in [-0.15, -0.1) is 11.3 Å². The van der Waals surface area contributed by atoms with E-state index in [0.29, 0.717) is 38.5 Å². The molecule has 0 fully saturated rings. The molecule has 0 aliphatic carbocycles. The van der Waals surface area contributed by atoms with Gasteiger partial charge >= 0.3 is 0 Å². The van der Waals surface area contributed by atoms with Crippen LogP contribution in [0.5, 0.6) is 0 Å². The standard InChI is InChI=1S/C13H20N4O3S/c1-10-12(21-9-16-10)3-5-19-7-11(18)6-14-4-2-13-15-8-20-17-13/h8-9,11,14,18H,2-7H2,1H3. The van der Waals surface area contributed by atoms with Gasteiger partial charge < -0.3 is 19.7 Å². The Bertz CT molecular complexity index is 503. The Morgan fingerprint density at radius 3 is 3.05 bits per heavy atom. The van der Waals surface area contributed by atoms with Crippen LogP contribution in [0.3, 0.4) is 0 Å². The van der Waals surface area contributed by atoms with Crippen molar-refractivity contribution in [2.24, 2.45) is 0 Å². The highest BCUT2D eigenvalue weighted by Crippen LogP contribution is 2.12. The smallest absolute Gasteiger partial charge is 0.213 e. The predicted molar refractivity (Wildman–Crippen MR) is 78.3 cm³/mol. The summed E-state index contributed by atoms with van der Waals surface area (Å²) in [5.74, 6) is 0.660. The van der Waals surface area contributed by atoms with Gasteiger partial charge in [-0.3, -0.25) is 0 Å². The number of nitrogens with one attached hydrogen (secondary N) is 1. The van der Waals surface area contributed by atoms with Gasteiger partial charge in [0, 0.05) is 30.8 Å². The molecule has 1 unspecified atom stereocenters. The van der Waals surface area contributed by atoms with Crippen LogP contribution in [-0.2, 0) is 17.6 Å². The van der Waals surface area contributed by atoms with Crippen LogP contribution < -0.4 is 5.32 Å². The van der Waals surface area contributed by atoms with Gasteiger partial charge in [0.05, 0.1) is 30.5 Å². The van der Waals surface area contributed by atoms with Gasteiger partial charge in [0.25, 0.3) is 0 Å². The van der Waals surface area contributed by atoms with Crippen LogP contribution >= 0.6 is 11.3 Å². The molecule has 2 rings (SSSR count). The Morgan fingerprint density at radius 2 is 2.33 bits per heavy atom. The van der Waals surface area contributed by atoms with Gasteiger partial charge in [-0.2, -0.15) is 4.98 Å². The lowest BCUT2D eigenvalue weighted by atomic mass is 10.3. The number of hydrogen-bond acceptors (Lipinski definition) is 8. The van der Waals surface area contributed by atoms with Crippen molar-refractivity contribution in [3.05, 3.63) is 28.3 Å². The van der Waals surface area contributed by atoms with Gasteiger partial charge in [0.1, 0.15) is 0 Å². The maximum Gasteiger partial charge on any atom is 0.213 e. The summed E-state index contributed by atoms with van der Waals surface area (Å²) < 4.78 is 10.1. The molecule has 2 aromatic rings. The highest BCUT2D eigenvalue weighted by molar-refractivity contribution is 7.09. The van der Waals surface area contributed by atoms with E-state index in [9.17, 15) is 5.11 Å². The van der Waals surface area contributed by atoms with Crippen LogP contribution in [0.2, 0.25) is 0 Å². The summed E-state index contributed by atoms with van der Waals surface area (Å²) in [6, 6.07) is 0. The molecule has 0 aromatic carbocycles. The summed E-state index contributed by atoms with van der Waals surface area (Å²) in [5, 5.41) is 16.6. The van der Waals surface area contributed by atoms with Gasteiger partial charge in [-0.25, -0.2) is 4.98 Å². The van der Waals surface area contributed by atoms with Crippen LogP contribution in [0.15, 0.2) is 16.4 Å². The number of rotatable bonds is 10. The summed E-state index contributed by atoms with van der Waals surface area (Å²) in [7, 11) is 0. The third-order valence-electron chi connectivity index (χ3n) is 2.94. The molecule has 0 radical (unpaired) electrons. The Hall–Kier alpha value is -1.35.